The Morgan fingerprint density at radius 1 is 1.00 bits per heavy atom. The molecule has 0 unspecified atom stereocenters. The predicted octanol–water partition coefficient (Wildman–Crippen LogP) is 4.62. The second-order valence-electron chi connectivity index (χ2n) is 6.37. The first-order valence-electron chi connectivity index (χ1n) is 8.84. The molecule has 1 aromatic heterocycles. The van der Waals surface area contributed by atoms with Crippen molar-refractivity contribution in [3.8, 4) is 17.1 Å². The molecule has 0 spiro atoms. The molecule has 0 aliphatic heterocycles. The van der Waals surface area contributed by atoms with Gasteiger partial charge in [0.2, 0.25) is 0 Å². The molecular formula is C22H19N3O2S. The first-order valence-corrected chi connectivity index (χ1v) is 9.83. The lowest BCUT2D eigenvalue weighted by Gasteiger charge is -2.06. The maximum absolute atomic E-state index is 12.4. The number of nitrogens with zero attached hydrogens (tertiary/aromatic N) is 3. The lowest BCUT2D eigenvalue weighted by atomic mass is 10.1. The maximum atomic E-state index is 12.4. The highest BCUT2D eigenvalue weighted by Gasteiger charge is 2.14. The van der Waals surface area contributed by atoms with E-state index in [2.05, 4.69) is 34.5 Å². The van der Waals surface area contributed by atoms with Crippen LogP contribution in [0.2, 0.25) is 0 Å². The van der Waals surface area contributed by atoms with Crippen molar-refractivity contribution < 1.29 is 9.53 Å². The summed E-state index contributed by atoms with van der Waals surface area (Å²) in [6, 6.07) is 21.6. The number of fused-ring (bicyclic) bond motifs is 1. The monoisotopic (exact) mass is 389 g/mol. The lowest BCUT2D eigenvalue weighted by Crippen LogP contribution is -2.04. The van der Waals surface area contributed by atoms with Crippen molar-refractivity contribution in [3.05, 3.63) is 72.3 Å². The smallest absolute Gasteiger partial charge is 0.191 e. The topological polar surface area (TPSA) is 57.0 Å². The third-order valence-electron chi connectivity index (χ3n) is 4.59. The van der Waals surface area contributed by atoms with Gasteiger partial charge in [0.1, 0.15) is 5.75 Å². The Morgan fingerprint density at radius 2 is 1.75 bits per heavy atom. The summed E-state index contributed by atoms with van der Waals surface area (Å²) in [6.07, 6.45) is 0. The van der Waals surface area contributed by atoms with Crippen molar-refractivity contribution in [1.82, 2.24) is 14.8 Å². The molecule has 0 bridgehead atoms. The zero-order valence-electron chi connectivity index (χ0n) is 15.6. The molecule has 0 amide bonds. The van der Waals surface area contributed by atoms with E-state index in [9.17, 15) is 4.79 Å². The van der Waals surface area contributed by atoms with Crippen molar-refractivity contribution in [2.75, 3.05) is 12.9 Å². The van der Waals surface area contributed by atoms with Crippen LogP contribution in [-0.2, 0) is 7.05 Å². The summed E-state index contributed by atoms with van der Waals surface area (Å²) in [5.74, 6) is 1.86. The number of ketones is 1. The van der Waals surface area contributed by atoms with Crippen LogP contribution in [0.15, 0.2) is 71.9 Å². The number of methoxy groups -OCH3 is 1. The Labute approximate surface area is 167 Å². The molecule has 28 heavy (non-hydrogen) atoms. The summed E-state index contributed by atoms with van der Waals surface area (Å²) < 4.78 is 7.05. The van der Waals surface area contributed by atoms with Crippen LogP contribution in [-0.4, -0.2) is 33.4 Å². The van der Waals surface area contributed by atoms with E-state index in [1.165, 1.54) is 17.1 Å². The van der Waals surface area contributed by atoms with Gasteiger partial charge in [-0.1, -0.05) is 48.2 Å². The van der Waals surface area contributed by atoms with Crippen molar-refractivity contribution in [2.45, 2.75) is 5.16 Å². The minimum absolute atomic E-state index is 0.0444. The number of carbonyl (C=O) groups excluding carboxylic acids is 1. The number of Topliss-reactive ketones (excluding diaryl/α,β-unsaturated/α-hetero) is 1. The molecule has 0 saturated carbocycles. The summed E-state index contributed by atoms with van der Waals surface area (Å²) in [4.78, 5) is 12.4. The Hall–Kier alpha value is -3.12. The van der Waals surface area contributed by atoms with Gasteiger partial charge >= 0.3 is 0 Å². The molecule has 1 heterocycles. The Kier molecular flexibility index (Phi) is 5.12. The summed E-state index contributed by atoms with van der Waals surface area (Å²) in [5.41, 5.74) is 1.66. The van der Waals surface area contributed by atoms with E-state index in [1.807, 2.05) is 29.8 Å². The molecule has 0 fully saturated rings. The molecule has 0 saturated heterocycles. The molecule has 0 aliphatic rings. The van der Waals surface area contributed by atoms with Gasteiger partial charge in [-0.15, -0.1) is 10.2 Å². The molecule has 0 atom stereocenters. The van der Waals surface area contributed by atoms with Gasteiger partial charge in [0.15, 0.2) is 16.8 Å². The number of thioether (sulfide) groups is 1. The van der Waals surface area contributed by atoms with E-state index in [-0.39, 0.29) is 5.78 Å². The third-order valence-corrected chi connectivity index (χ3v) is 5.61. The van der Waals surface area contributed by atoms with Gasteiger partial charge in [-0.3, -0.25) is 4.79 Å². The Morgan fingerprint density at radius 3 is 2.50 bits per heavy atom. The standard InChI is InChI=1S/C22H19N3O2S/c1-25-21(18-8-7-15-5-3-4-6-17(15)13-18)23-24-22(25)28-14-20(26)16-9-11-19(27-2)12-10-16/h3-13H,14H2,1-2H3. The van der Waals surface area contributed by atoms with Crippen LogP contribution in [0.4, 0.5) is 0 Å². The number of hydrogen-bond acceptors (Lipinski definition) is 5. The molecule has 6 heteroatoms. The molecule has 4 rings (SSSR count). The van der Waals surface area contributed by atoms with E-state index < -0.39 is 0 Å². The fraction of sp³-hybridized carbons (Fsp3) is 0.136. The van der Waals surface area contributed by atoms with Gasteiger partial charge in [0.25, 0.3) is 0 Å². The van der Waals surface area contributed by atoms with Crippen LogP contribution in [0.25, 0.3) is 22.2 Å². The average molecular weight is 389 g/mol. The van der Waals surface area contributed by atoms with E-state index in [4.69, 9.17) is 4.74 Å². The molecule has 0 radical (unpaired) electrons. The van der Waals surface area contributed by atoms with Crippen molar-refractivity contribution in [1.29, 1.82) is 0 Å². The van der Waals surface area contributed by atoms with E-state index in [0.717, 1.165) is 22.5 Å². The van der Waals surface area contributed by atoms with E-state index >= 15 is 0 Å². The molecule has 5 nitrogen and oxygen atoms in total. The molecular weight excluding hydrogens is 370 g/mol. The number of ether oxygens (including phenoxy) is 1. The highest BCUT2D eigenvalue weighted by Crippen LogP contribution is 2.26. The molecule has 3 aromatic carbocycles. The minimum atomic E-state index is 0.0444. The Bertz CT molecular complexity index is 1140. The maximum Gasteiger partial charge on any atom is 0.191 e. The second kappa shape index (κ2) is 7.86. The van der Waals surface area contributed by atoms with Crippen LogP contribution >= 0.6 is 11.8 Å². The van der Waals surface area contributed by atoms with Crippen molar-refractivity contribution in [2.24, 2.45) is 7.05 Å². The highest BCUT2D eigenvalue weighted by molar-refractivity contribution is 7.99. The normalized spacial score (nSPS) is 10.9. The van der Waals surface area contributed by atoms with Crippen LogP contribution < -0.4 is 4.74 Å². The average Bonchev–Trinajstić information content (AvgIpc) is 3.12. The fourth-order valence-corrected chi connectivity index (χ4v) is 3.82. The molecule has 140 valence electrons. The number of hydrogen-bond donors (Lipinski definition) is 0. The summed E-state index contributed by atoms with van der Waals surface area (Å²) in [7, 11) is 3.53. The van der Waals surface area contributed by atoms with Crippen LogP contribution in [0, 0.1) is 0 Å². The SMILES string of the molecule is COc1ccc(C(=O)CSc2nnc(-c3ccc4ccccc4c3)n2C)cc1. The second-order valence-corrected chi connectivity index (χ2v) is 7.31. The zero-order valence-corrected chi connectivity index (χ0v) is 16.4. The number of carbonyl (C=O) groups is 1. The van der Waals surface area contributed by atoms with Crippen LogP contribution in [0.5, 0.6) is 5.75 Å². The predicted molar refractivity (Wildman–Crippen MR) is 112 cm³/mol. The fourth-order valence-electron chi connectivity index (χ4n) is 3.01. The van der Waals surface area contributed by atoms with Crippen LogP contribution in [0.3, 0.4) is 0 Å². The van der Waals surface area contributed by atoms with Crippen LogP contribution in [0.1, 0.15) is 10.4 Å². The van der Waals surface area contributed by atoms with Crippen molar-refractivity contribution >= 4 is 28.3 Å². The quantitative estimate of drug-likeness (QED) is 0.356. The number of aromatic nitrogens is 3. The van der Waals surface area contributed by atoms with Gasteiger partial charge in [-0.05, 0) is 41.1 Å². The minimum Gasteiger partial charge on any atom is -0.497 e. The summed E-state index contributed by atoms with van der Waals surface area (Å²) >= 11 is 1.39. The molecule has 0 aliphatic carbocycles. The van der Waals surface area contributed by atoms with Gasteiger partial charge in [-0.25, -0.2) is 0 Å². The number of benzene rings is 3. The zero-order chi connectivity index (χ0) is 19.5. The van der Waals surface area contributed by atoms with Gasteiger partial charge < -0.3 is 9.30 Å². The highest BCUT2D eigenvalue weighted by atomic mass is 32.2. The first-order chi connectivity index (χ1) is 13.7. The van der Waals surface area contributed by atoms with Gasteiger partial charge in [0, 0.05) is 18.2 Å². The molecule has 4 aromatic rings. The summed E-state index contributed by atoms with van der Waals surface area (Å²) in [5, 5.41) is 11.7. The van der Waals surface area contributed by atoms with Gasteiger partial charge in [0.05, 0.1) is 12.9 Å². The molecule has 0 N–H and O–H groups in total. The largest absolute Gasteiger partial charge is 0.497 e. The third kappa shape index (κ3) is 3.64. The number of rotatable bonds is 6. The summed E-state index contributed by atoms with van der Waals surface area (Å²) in [6.45, 7) is 0. The lowest BCUT2D eigenvalue weighted by molar-refractivity contribution is 0.102. The van der Waals surface area contributed by atoms with E-state index in [1.54, 1.807) is 31.4 Å². The first kappa shape index (κ1) is 18.3. The van der Waals surface area contributed by atoms with Crippen molar-refractivity contribution in [3.63, 3.8) is 0 Å². The van der Waals surface area contributed by atoms with E-state index in [0.29, 0.717) is 16.5 Å². The van der Waals surface area contributed by atoms with Gasteiger partial charge in [-0.2, -0.15) is 0 Å². The Balaban J connectivity index is 1.50.